The highest BCUT2D eigenvalue weighted by atomic mass is 79.9. The van der Waals surface area contributed by atoms with Gasteiger partial charge in [-0.15, -0.1) is 16.4 Å². The van der Waals surface area contributed by atoms with Crippen molar-refractivity contribution in [2.45, 2.75) is 11.9 Å². The Morgan fingerprint density at radius 3 is 3.00 bits per heavy atom. The molecule has 0 amide bonds. The zero-order valence-electron chi connectivity index (χ0n) is 9.01. The van der Waals surface area contributed by atoms with E-state index in [0.29, 0.717) is 0 Å². The fourth-order valence-electron chi connectivity index (χ4n) is 1.81. The molecule has 0 saturated carbocycles. The summed E-state index contributed by atoms with van der Waals surface area (Å²) in [6, 6.07) is 8.45. The van der Waals surface area contributed by atoms with Gasteiger partial charge in [-0.1, -0.05) is 39.3 Å². The summed E-state index contributed by atoms with van der Waals surface area (Å²) in [5.41, 5.74) is 2.26. The molecule has 0 aliphatic carbocycles. The van der Waals surface area contributed by atoms with Gasteiger partial charge in [0, 0.05) is 16.2 Å². The second kappa shape index (κ2) is 4.58. The number of hydrogen-bond donors (Lipinski definition) is 0. The van der Waals surface area contributed by atoms with E-state index >= 15 is 0 Å². The molecule has 3 aromatic rings. The summed E-state index contributed by atoms with van der Waals surface area (Å²) < 4.78 is 3.20. The van der Waals surface area contributed by atoms with Gasteiger partial charge in [0.25, 0.3) is 0 Å². The normalized spacial score (nSPS) is 11.1. The van der Waals surface area contributed by atoms with Gasteiger partial charge in [-0.3, -0.25) is 0 Å². The lowest BCUT2D eigenvalue weighted by Gasteiger charge is -1.98. The Morgan fingerprint density at radius 2 is 2.18 bits per heavy atom. The molecular formula is C12H10BrN3S. The molecule has 3 rings (SSSR count). The second-order valence-electron chi connectivity index (χ2n) is 3.80. The fraction of sp³-hybridized carbons (Fsp3) is 0.167. The van der Waals surface area contributed by atoms with Gasteiger partial charge in [0.2, 0.25) is 0 Å². The Hall–Kier alpha value is -1.20. The Morgan fingerprint density at radius 1 is 1.29 bits per heavy atom. The Balaban J connectivity index is 1.94. The minimum atomic E-state index is 0.747. The van der Waals surface area contributed by atoms with Crippen molar-refractivity contribution in [2.75, 3.05) is 0 Å². The van der Waals surface area contributed by atoms with Crippen molar-refractivity contribution < 1.29 is 0 Å². The van der Waals surface area contributed by atoms with Crippen LogP contribution in [0.4, 0.5) is 0 Å². The molecule has 3 nitrogen and oxygen atoms in total. The lowest BCUT2D eigenvalue weighted by Crippen LogP contribution is -1.99. The van der Waals surface area contributed by atoms with Crippen LogP contribution >= 0.6 is 27.3 Å². The first-order valence-electron chi connectivity index (χ1n) is 5.27. The van der Waals surface area contributed by atoms with Crippen molar-refractivity contribution in [2.24, 2.45) is 0 Å². The molecule has 2 heterocycles. The number of hydrogen-bond acceptors (Lipinski definition) is 3. The van der Waals surface area contributed by atoms with Gasteiger partial charge in [-0.25, -0.2) is 4.68 Å². The molecule has 17 heavy (non-hydrogen) atoms. The summed E-state index contributed by atoms with van der Waals surface area (Å²) in [5, 5.41) is 12.4. The number of aromatic nitrogens is 3. The van der Waals surface area contributed by atoms with Gasteiger partial charge < -0.3 is 0 Å². The van der Waals surface area contributed by atoms with Crippen LogP contribution < -0.4 is 0 Å². The number of benzene rings is 1. The van der Waals surface area contributed by atoms with E-state index in [2.05, 4.69) is 55.9 Å². The lowest BCUT2D eigenvalue weighted by atomic mass is 10.2. The summed E-state index contributed by atoms with van der Waals surface area (Å²) in [5.74, 6) is 0. The number of fused-ring (bicyclic) bond motifs is 1. The van der Waals surface area contributed by atoms with Crippen molar-refractivity contribution in [3.8, 4) is 0 Å². The highest BCUT2D eigenvalue weighted by Crippen LogP contribution is 2.26. The quantitative estimate of drug-likeness (QED) is 0.694. The SMILES string of the molecule is BrCc1cn(Cc2csc3ccccc23)nn1. The van der Waals surface area contributed by atoms with E-state index < -0.39 is 0 Å². The number of alkyl halides is 1. The summed E-state index contributed by atoms with van der Waals surface area (Å²) in [4.78, 5) is 0. The maximum absolute atomic E-state index is 4.11. The van der Waals surface area contributed by atoms with E-state index in [-0.39, 0.29) is 0 Å². The average molecular weight is 308 g/mol. The molecule has 0 unspecified atom stereocenters. The molecule has 1 aromatic carbocycles. The fourth-order valence-corrected chi connectivity index (χ4v) is 3.02. The predicted octanol–water partition coefficient (Wildman–Crippen LogP) is 3.44. The summed E-state index contributed by atoms with van der Waals surface area (Å²) in [7, 11) is 0. The minimum absolute atomic E-state index is 0.747. The maximum Gasteiger partial charge on any atom is 0.0932 e. The van der Waals surface area contributed by atoms with Crippen LogP contribution in [0.15, 0.2) is 35.8 Å². The molecule has 0 atom stereocenters. The van der Waals surface area contributed by atoms with Crippen LogP contribution in [0.2, 0.25) is 0 Å². The highest BCUT2D eigenvalue weighted by Gasteiger charge is 2.05. The van der Waals surface area contributed by atoms with Crippen LogP contribution in [0.1, 0.15) is 11.3 Å². The summed E-state index contributed by atoms with van der Waals surface area (Å²) in [6.07, 6.45) is 1.97. The van der Waals surface area contributed by atoms with Crippen LogP contribution in [0, 0.1) is 0 Å². The van der Waals surface area contributed by atoms with E-state index in [1.54, 1.807) is 11.3 Å². The Labute approximate surface area is 111 Å². The molecule has 86 valence electrons. The smallest absolute Gasteiger partial charge is 0.0932 e. The predicted molar refractivity (Wildman–Crippen MR) is 73.6 cm³/mol. The van der Waals surface area contributed by atoms with Crippen molar-refractivity contribution in [1.29, 1.82) is 0 Å². The molecule has 0 bridgehead atoms. The van der Waals surface area contributed by atoms with Crippen molar-refractivity contribution in [3.05, 3.63) is 47.1 Å². The van der Waals surface area contributed by atoms with E-state index in [1.807, 2.05) is 10.9 Å². The van der Waals surface area contributed by atoms with E-state index in [0.717, 1.165) is 17.6 Å². The minimum Gasteiger partial charge on any atom is -0.248 e. The zero-order valence-corrected chi connectivity index (χ0v) is 11.4. The maximum atomic E-state index is 4.11. The van der Waals surface area contributed by atoms with E-state index in [1.165, 1.54) is 15.6 Å². The van der Waals surface area contributed by atoms with Crippen LogP contribution in [-0.2, 0) is 11.9 Å². The monoisotopic (exact) mass is 307 g/mol. The van der Waals surface area contributed by atoms with Crippen molar-refractivity contribution in [3.63, 3.8) is 0 Å². The molecule has 2 aromatic heterocycles. The molecule has 5 heteroatoms. The molecule has 0 saturated heterocycles. The number of rotatable bonds is 3. The summed E-state index contributed by atoms with van der Waals surface area (Å²) >= 11 is 5.15. The van der Waals surface area contributed by atoms with Crippen LogP contribution in [-0.4, -0.2) is 15.0 Å². The third-order valence-corrected chi connectivity index (χ3v) is 4.20. The van der Waals surface area contributed by atoms with Gasteiger partial charge in [0.05, 0.1) is 12.2 Å². The topological polar surface area (TPSA) is 30.7 Å². The third kappa shape index (κ3) is 2.12. The van der Waals surface area contributed by atoms with Crippen molar-refractivity contribution >= 4 is 37.4 Å². The van der Waals surface area contributed by atoms with Gasteiger partial charge >= 0.3 is 0 Å². The van der Waals surface area contributed by atoms with Gasteiger partial charge in [0.15, 0.2) is 0 Å². The van der Waals surface area contributed by atoms with Gasteiger partial charge in [-0.2, -0.15) is 0 Å². The molecular weight excluding hydrogens is 298 g/mol. The molecule has 0 radical (unpaired) electrons. The first kappa shape index (κ1) is 10.9. The van der Waals surface area contributed by atoms with Crippen LogP contribution in [0.3, 0.4) is 0 Å². The lowest BCUT2D eigenvalue weighted by molar-refractivity contribution is 0.653. The number of halogens is 1. The molecule has 0 spiro atoms. The first-order valence-corrected chi connectivity index (χ1v) is 7.27. The van der Waals surface area contributed by atoms with Crippen LogP contribution in [0.25, 0.3) is 10.1 Å². The standard InChI is InChI=1S/C12H10BrN3S/c13-5-10-7-16(15-14-10)6-9-8-17-12-4-2-1-3-11(9)12/h1-4,7-8H,5-6H2. The molecule has 0 N–H and O–H groups in total. The Bertz CT molecular complexity index is 644. The molecule has 0 aliphatic rings. The zero-order chi connectivity index (χ0) is 11.7. The highest BCUT2D eigenvalue weighted by molar-refractivity contribution is 9.08. The molecule has 0 fully saturated rings. The van der Waals surface area contributed by atoms with E-state index in [4.69, 9.17) is 0 Å². The average Bonchev–Trinajstić information content (AvgIpc) is 2.97. The van der Waals surface area contributed by atoms with Crippen LogP contribution in [0.5, 0.6) is 0 Å². The summed E-state index contributed by atoms with van der Waals surface area (Å²) in [6.45, 7) is 0.782. The third-order valence-electron chi connectivity index (χ3n) is 2.62. The van der Waals surface area contributed by atoms with Gasteiger partial charge in [0.1, 0.15) is 0 Å². The number of nitrogens with zero attached hydrogens (tertiary/aromatic N) is 3. The van der Waals surface area contributed by atoms with Crippen molar-refractivity contribution in [1.82, 2.24) is 15.0 Å². The van der Waals surface area contributed by atoms with E-state index in [9.17, 15) is 0 Å². The van der Waals surface area contributed by atoms with Gasteiger partial charge in [-0.05, 0) is 22.4 Å². The second-order valence-corrected chi connectivity index (χ2v) is 5.27. The Kier molecular flexibility index (Phi) is 2.94. The largest absolute Gasteiger partial charge is 0.248 e. The molecule has 0 aliphatic heterocycles. The number of thiophene rings is 1. The first-order chi connectivity index (χ1) is 8.36.